The maximum Gasteiger partial charge on any atom is 0.227 e. The summed E-state index contributed by atoms with van der Waals surface area (Å²) >= 11 is 6.92. The van der Waals surface area contributed by atoms with Crippen molar-refractivity contribution in [1.82, 2.24) is 0 Å². The zero-order valence-electron chi connectivity index (χ0n) is 14.0. The standard InChI is InChI=1S/C19H15Br2NO4/c1-9(19(22)24)17-14(16(23)10-6-4-3-5-7-10)13-12(26-17)8-11(20)18(25-2)15(13)21/h3-9H,1-2H3,(H2,22,24). The lowest BCUT2D eigenvalue weighted by Crippen LogP contribution is -2.20. The average molecular weight is 481 g/mol. The van der Waals surface area contributed by atoms with Gasteiger partial charge >= 0.3 is 0 Å². The molecule has 5 nitrogen and oxygen atoms in total. The number of carbonyl (C=O) groups excluding carboxylic acids is 2. The minimum Gasteiger partial charge on any atom is -0.494 e. The van der Waals surface area contributed by atoms with Gasteiger partial charge in [-0.25, -0.2) is 0 Å². The first-order chi connectivity index (χ1) is 12.4. The maximum absolute atomic E-state index is 13.2. The molecule has 0 aliphatic heterocycles. The number of ketones is 1. The van der Waals surface area contributed by atoms with E-state index in [2.05, 4.69) is 31.9 Å². The lowest BCUT2D eigenvalue weighted by atomic mass is 9.95. The number of primary amides is 1. The van der Waals surface area contributed by atoms with Crippen LogP contribution in [0.1, 0.15) is 34.5 Å². The van der Waals surface area contributed by atoms with Crippen molar-refractivity contribution in [3.8, 4) is 5.75 Å². The Morgan fingerprint density at radius 1 is 1.19 bits per heavy atom. The van der Waals surface area contributed by atoms with Gasteiger partial charge in [-0.05, 0) is 44.8 Å². The van der Waals surface area contributed by atoms with Crippen molar-refractivity contribution in [2.24, 2.45) is 5.73 Å². The molecular weight excluding hydrogens is 466 g/mol. The minimum atomic E-state index is -0.762. The number of hydrogen-bond donors (Lipinski definition) is 1. The topological polar surface area (TPSA) is 82.5 Å². The van der Waals surface area contributed by atoms with Crippen molar-refractivity contribution >= 4 is 54.5 Å². The number of ether oxygens (including phenoxy) is 1. The number of furan rings is 1. The number of rotatable bonds is 5. The third kappa shape index (κ3) is 3.05. The average Bonchev–Trinajstić information content (AvgIpc) is 3.00. The number of benzene rings is 2. The normalized spacial score (nSPS) is 12.2. The first kappa shape index (κ1) is 18.7. The fraction of sp³-hybridized carbons (Fsp3) is 0.158. The molecule has 2 aromatic carbocycles. The van der Waals surface area contributed by atoms with Gasteiger partial charge in [-0.15, -0.1) is 0 Å². The van der Waals surface area contributed by atoms with E-state index in [1.165, 1.54) is 7.11 Å². The van der Waals surface area contributed by atoms with Crippen LogP contribution in [0.4, 0.5) is 0 Å². The Bertz CT molecular complexity index is 1010. The molecule has 2 N–H and O–H groups in total. The van der Waals surface area contributed by atoms with E-state index in [9.17, 15) is 9.59 Å². The van der Waals surface area contributed by atoms with Gasteiger partial charge < -0.3 is 14.9 Å². The Labute approximate surface area is 166 Å². The molecule has 1 aromatic heterocycles. The van der Waals surface area contributed by atoms with Gasteiger partial charge in [0.25, 0.3) is 0 Å². The molecule has 0 fully saturated rings. The van der Waals surface area contributed by atoms with Crippen LogP contribution in [0.5, 0.6) is 5.75 Å². The Hall–Kier alpha value is -2.12. The Morgan fingerprint density at radius 2 is 1.85 bits per heavy atom. The van der Waals surface area contributed by atoms with E-state index < -0.39 is 11.8 Å². The molecule has 0 saturated carbocycles. The molecule has 1 heterocycles. The van der Waals surface area contributed by atoms with Gasteiger partial charge in [0.2, 0.25) is 5.91 Å². The van der Waals surface area contributed by atoms with Gasteiger partial charge in [-0.1, -0.05) is 30.3 Å². The first-order valence-corrected chi connectivity index (χ1v) is 9.32. The van der Waals surface area contributed by atoms with Gasteiger partial charge in [-0.3, -0.25) is 9.59 Å². The van der Waals surface area contributed by atoms with Crippen LogP contribution in [-0.4, -0.2) is 18.8 Å². The summed E-state index contributed by atoms with van der Waals surface area (Å²) < 4.78 is 12.5. The summed E-state index contributed by atoms with van der Waals surface area (Å²) in [5.74, 6) is -0.825. The molecule has 0 aliphatic carbocycles. The number of carbonyl (C=O) groups is 2. The van der Waals surface area contributed by atoms with E-state index in [1.54, 1.807) is 37.3 Å². The molecule has 3 rings (SSSR count). The third-order valence-electron chi connectivity index (χ3n) is 4.14. The monoisotopic (exact) mass is 479 g/mol. The number of hydrogen-bond acceptors (Lipinski definition) is 4. The van der Waals surface area contributed by atoms with Gasteiger partial charge in [-0.2, -0.15) is 0 Å². The zero-order chi connectivity index (χ0) is 19.0. The van der Waals surface area contributed by atoms with Gasteiger partial charge in [0, 0.05) is 10.9 Å². The second-order valence-electron chi connectivity index (χ2n) is 5.74. The second kappa shape index (κ2) is 7.25. The van der Waals surface area contributed by atoms with Gasteiger partial charge in [0.1, 0.15) is 17.1 Å². The van der Waals surface area contributed by atoms with Crippen molar-refractivity contribution in [3.05, 3.63) is 62.2 Å². The highest BCUT2D eigenvalue weighted by Gasteiger charge is 2.30. The van der Waals surface area contributed by atoms with Crippen LogP contribution in [-0.2, 0) is 4.79 Å². The summed E-state index contributed by atoms with van der Waals surface area (Å²) in [4.78, 5) is 25.0. The van der Waals surface area contributed by atoms with E-state index in [1.807, 2.05) is 6.07 Å². The molecular formula is C19H15Br2NO4. The summed E-state index contributed by atoms with van der Waals surface area (Å²) in [5, 5.41) is 0.544. The van der Waals surface area contributed by atoms with Gasteiger partial charge in [0.15, 0.2) is 5.78 Å². The lowest BCUT2D eigenvalue weighted by molar-refractivity contribution is -0.119. The smallest absolute Gasteiger partial charge is 0.227 e. The predicted molar refractivity (Wildman–Crippen MR) is 106 cm³/mol. The van der Waals surface area contributed by atoms with E-state index >= 15 is 0 Å². The van der Waals surface area contributed by atoms with E-state index in [-0.39, 0.29) is 11.5 Å². The molecule has 1 amide bonds. The quantitative estimate of drug-likeness (QED) is 0.532. The third-order valence-corrected chi connectivity index (χ3v) is 5.49. The summed E-state index contributed by atoms with van der Waals surface area (Å²) in [6.45, 7) is 1.61. The fourth-order valence-electron chi connectivity index (χ4n) is 2.77. The SMILES string of the molecule is COc1c(Br)cc2oc(C(C)C(N)=O)c(C(=O)c3ccccc3)c2c1Br. The van der Waals surface area contributed by atoms with Crippen LogP contribution in [0.15, 0.2) is 49.8 Å². The molecule has 0 spiro atoms. The van der Waals surface area contributed by atoms with Crippen LogP contribution in [0.25, 0.3) is 11.0 Å². The van der Waals surface area contributed by atoms with E-state index in [0.717, 1.165) is 0 Å². The first-order valence-electron chi connectivity index (χ1n) is 7.74. The van der Waals surface area contributed by atoms with Crippen LogP contribution in [0, 0.1) is 0 Å². The largest absolute Gasteiger partial charge is 0.494 e. The molecule has 3 aromatic rings. The fourth-order valence-corrected chi connectivity index (χ4v) is 4.37. The highest BCUT2D eigenvalue weighted by atomic mass is 79.9. The summed E-state index contributed by atoms with van der Waals surface area (Å²) in [6, 6.07) is 10.5. The number of fused-ring (bicyclic) bond motifs is 1. The molecule has 1 unspecified atom stereocenters. The van der Waals surface area contributed by atoms with Crippen molar-refractivity contribution in [1.29, 1.82) is 0 Å². The minimum absolute atomic E-state index is 0.238. The Kier molecular flexibility index (Phi) is 5.20. The Morgan fingerprint density at radius 3 is 2.42 bits per heavy atom. The molecule has 0 radical (unpaired) electrons. The number of halogens is 2. The molecule has 134 valence electrons. The van der Waals surface area contributed by atoms with Crippen molar-refractivity contribution in [2.45, 2.75) is 12.8 Å². The summed E-state index contributed by atoms with van der Waals surface area (Å²) in [6.07, 6.45) is 0. The van der Waals surface area contributed by atoms with E-state index in [4.69, 9.17) is 14.9 Å². The lowest BCUT2D eigenvalue weighted by Gasteiger charge is -2.09. The maximum atomic E-state index is 13.2. The molecule has 0 aliphatic rings. The molecule has 0 bridgehead atoms. The second-order valence-corrected chi connectivity index (χ2v) is 7.39. The van der Waals surface area contributed by atoms with Crippen LogP contribution < -0.4 is 10.5 Å². The van der Waals surface area contributed by atoms with Crippen molar-refractivity contribution in [2.75, 3.05) is 7.11 Å². The van der Waals surface area contributed by atoms with Crippen molar-refractivity contribution in [3.63, 3.8) is 0 Å². The predicted octanol–water partition coefficient (Wildman–Crippen LogP) is 4.79. The zero-order valence-corrected chi connectivity index (χ0v) is 17.2. The highest BCUT2D eigenvalue weighted by molar-refractivity contribution is 9.11. The highest BCUT2D eigenvalue weighted by Crippen LogP contribution is 2.44. The Balaban J connectivity index is 2.38. The summed E-state index contributed by atoms with van der Waals surface area (Å²) in [5.41, 5.74) is 6.71. The number of nitrogens with two attached hydrogens (primary N) is 1. The van der Waals surface area contributed by atoms with E-state index in [0.29, 0.717) is 36.8 Å². The molecule has 7 heteroatoms. The number of methoxy groups -OCH3 is 1. The van der Waals surface area contributed by atoms with Crippen LogP contribution in [0.3, 0.4) is 0 Å². The number of amides is 1. The van der Waals surface area contributed by atoms with Crippen LogP contribution >= 0.6 is 31.9 Å². The van der Waals surface area contributed by atoms with Gasteiger partial charge in [0.05, 0.1) is 27.5 Å². The molecule has 1 atom stereocenters. The van der Waals surface area contributed by atoms with Crippen LogP contribution in [0.2, 0.25) is 0 Å². The summed E-state index contributed by atoms with van der Waals surface area (Å²) in [7, 11) is 1.53. The molecule has 26 heavy (non-hydrogen) atoms. The van der Waals surface area contributed by atoms with Crippen molar-refractivity contribution < 1.29 is 18.7 Å². The molecule has 0 saturated heterocycles.